The van der Waals surface area contributed by atoms with E-state index >= 15 is 0 Å². The Bertz CT molecular complexity index is 361. The predicted molar refractivity (Wildman–Crippen MR) is 54.2 cm³/mol. The smallest absolute Gasteiger partial charge is 0.225 e. The fourth-order valence-corrected chi connectivity index (χ4v) is 1.78. The molecule has 2 heterocycles. The standard InChI is InChI=1S/C10H15N3O2/c1-8-5-11-13(6-8)3-2-12-7-9(14)4-10(12)15/h5-6,9,14H,2-4,7H2,1H3. The Morgan fingerprint density at radius 2 is 2.40 bits per heavy atom. The lowest BCUT2D eigenvalue weighted by atomic mass is 10.3. The molecule has 1 saturated heterocycles. The van der Waals surface area contributed by atoms with Gasteiger partial charge in [-0.25, -0.2) is 0 Å². The lowest BCUT2D eigenvalue weighted by molar-refractivity contribution is -0.127. The van der Waals surface area contributed by atoms with Gasteiger partial charge in [-0.15, -0.1) is 0 Å². The first-order valence-corrected chi connectivity index (χ1v) is 5.10. The van der Waals surface area contributed by atoms with Crippen LogP contribution in [-0.4, -0.2) is 44.9 Å². The number of nitrogens with zero attached hydrogens (tertiary/aromatic N) is 3. The number of carbonyl (C=O) groups is 1. The topological polar surface area (TPSA) is 58.4 Å². The minimum Gasteiger partial charge on any atom is -0.391 e. The minimum atomic E-state index is -0.489. The Kier molecular flexibility index (Phi) is 2.73. The highest BCUT2D eigenvalue weighted by atomic mass is 16.3. The fourth-order valence-electron chi connectivity index (χ4n) is 1.78. The molecular formula is C10H15N3O2. The molecule has 1 atom stereocenters. The van der Waals surface area contributed by atoms with E-state index in [2.05, 4.69) is 5.10 Å². The second-order valence-electron chi connectivity index (χ2n) is 3.98. The molecule has 1 aliphatic heterocycles. The number of aromatic nitrogens is 2. The Morgan fingerprint density at radius 1 is 1.60 bits per heavy atom. The molecule has 0 aliphatic carbocycles. The molecule has 0 spiro atoms. The summed E-state index contributed by atoms with van der Waals surface area (Å²) < 4.78 is 1.81. The first-order valence-electron chi connectivity index (χ1n) is 5.10. The number of β-amino-alcohol motifs (C(OH)–C–C–N with tert-alkyl or cyclic N) is 1. The van der Waals surface area contributed by atoms with E-state index in [9.17, 15) is 9.90 Å². The van der Waals surface area contributed by atoms with E-state index in [4.69, 9.17) is 0 Å². The van der Waals surface area contributed by atoms with Crippen molar-refractivity contribution in [2.24, 2.45) is 0 Å². The molecule has 5 nitrogen and oxygen atoms in total. The number of hydrogen-bond acceptors (Lipinski definition) is 3. The average Bonchev–Trinajstić information content (AvgIpc) is 2.70. The summed E-state index contributed by atoms with van der Waals surface area (Å²) in [4.78, 5) is 13.0. The number of aliphatic hydroxyl groups is 1. The number of aliphatic hydroxyl groups excluding tert-OH is 1. The molecule has 0 radical (unpaired) electrons. The van der Waals surface area contributed by atoms with E-state index in [1.807, 2.05) is 17.8 Å². The van der Waals surface area contributed by atoms with Crippen LogP contribution in [0.1, 0.15) is 12.0 Å². The van der Waals surface area contributed by atoms with Gasteiger partial charge in [0.15, 0.2) is 0 Å². The van der Waals surface area contributed by atoms with Gasteiger partial charge in [-0.2, -0.15) is 5.10 Å². The molecule has 1 fully saturated rings. The normalized spacial score (nSPS) is 21.3. The van der Waals surface area contributed by atoms with Gasteiger partial charge in [0.2, 0.25) is 5.91 Å². The summed E-state index contributed by atoms with van der Waals surface area (Å²) in [5.41, 5.74) is 1.11. The van der Waals surface area contributed by atoms with Crippen molar-refractivity contribution in [2.45, 2.75) is 26.0 Å². The van der Waals surface area contributed by atoms with E-state index in [1.165, 1.54) is 0 Å². The average molecular weight is 209 g/mol. The molecular weight excluding hydrogens is 194 g/mol. The van der Waals surface area contributed by atoms with E-state index in [0.717, 1.165) is 5.56 Å². The van der Waals surface area contributed by atoms with E-state index in [0.29, 0.717) is 19.6 Å². The highest BCUT2D eigenvalue weighted by Gasteiger charge is 2.27. The zero-order chi connectivity index (χ0) is 10.8. The van der Waals surface area contributed by atoms with Crippen LogP contribution in [0.15, 0.2) is 12.4 Å². The van der Waals surface area contributed by atoms with Gasteiger partial charge < -0.3 is 10.0 Å². The number of rotatable bonds is 3. The van der Waals surface area contributed by atoms with Crippen LogP contribution in [0.4, 0.5) is 0 Å². The summed E-state index contributed by atoms with van der Waals surface area (Å²) in [5.74, 6) is 0.0337. The lowest BCUT2D eigenvalue weighted by Gasteiger charge is -2.15. The number of amides is 1. The Hall–Kier alpha value is -1.36. The monoisotopic (exact) mass is 209 g/mol. The van der Waals surface area contributed by atoms with Crippen LogP contribution in [0, 0.1) is 6.92 Å². The van der Waals surface area contributed by atoms with Crippen molar-refractivity contribution in [3.63, 3.8) is 0 Å². The fraction of sp³-hybridized carbons (Fsp3) is 0.600. The Labute approximate surface area is 88.3 Å². The van der Waals surface area contributed by atoms with Crippen LogP contribution in [0.2, 0.25) is 0 Å². The summed E-state index contributed by atoms with van der Waals surface area (Å²) in [6.07, 6.45) is 3.51. The molecule has 5 heteroatoms. The van der Waals surface area contributed by atoms with Gasteiger partial charge in [-0.05, 0) is 12.5 Å². The predicted octanol–water partition coefficient (Wildman–Crippen LogP) is -0.215. The van der Waals surface area contributed by atoms with Gasteiger partial charge in [0.1, 0.15) is 0 Å². The van der Waals surface area contributed by atoms with Crippen molar-refractivity contribution >= 4 is 5.91 Å². The number of likely N-dealkylation sites (tertiary alicyclic amines) is 1. The van der Waals surface area contributed by atoms with Crippen molar-refractivity contribution in [1.29, 1.82) is 0 Å². The molecule has 0 saturated carbocycles. The van der Waals surface area contributed by atoms with Crippen LogP contribution < -0.4 is 0 Å². The molecule has 1 aromatic rings. The third kappa shape index (κ3) is 2.36. The van der Waals surface area contributed by atoms with Crippen LogP contribution in [0.25, 0.3) is 0 Å². The van der Waals surface area contributed by atoms with Gasteiger partial charge in [0, 0.05) is 19.3 Å². The highest BCUT2D eigenvalue weighted by molar-refractivity contribution is 5.78. The number of aryl methyl sites for hydroxylation is 1. The van der Waals surface area contributed by atoms with Gasteiger partial charge in [-0.1, -0.05) is 0 Å². The molecule has 0 aromatic carbocycles. The number of hydrogen-bond donors (Lipinski definition) is 1. The Balaban J connectivity index is 1.86. The molecule has 1 aliphatic rings. The summed E-state index contributed by atoms with van der Waals surface area (Å²) in [5, 5.41) is 13.4. The largest absolute Gasteiger partial charge is 0.391 e. The van der Waals surface area contributed by atoms with E-state index < -0.39 is 6.10 Å². The van der Waals surface area contributed by atoms with E-state index in [1.54, 1.807) is 11.1 Å². The first-order chi connectivity index (χ1) is 7.15. The molecule has 1 aromatic heterocycles. The van der Waals surface area contributed by atoms with Gasteiger partial charge >= 0.3 is 0 Å². The molecule has 2 rings (SSSR count). The summed E-state index contributed by atoms with van der Waals surface area (Å²) in [7, 11) is 0. The van der Waals surface area contributed by atoms with Gasteiger partial charge in [0.25, 0.3) is 0 Å². The van der Waals surface area contributed by atoms with Crippen molar-refractivity contribution in [3.05, 3.63) is 18.0 Å². The first kappa shape index (κ1) is 10.2. The number of carbonyl (C=O) groups excluding carboxylic acids is 1. The second-order valence-corrected chi connectivity index (χ2v) is 3.98. The quantitative estimate of drug-likeness (QED) is 0.749. The summed E-state index contributed by atoms with van der Waals surface area (Å²) in [6.45, 7) is 3.75. The van der Waals surface area contributed by atoms with Crippen LogP contribution in [-0.2, 0) is 11.3 Å². The second kappa shape index (κ2) is 4.02. The maximum Gasteiger partial charge on any atom is 0.225 e. The molecule has 82 valence electrons. The summed E-state index contributed by atoms with van der Waals surface area (Å²) >= 11 is 0. The van der Waals surface area contributed by atoms with Crippen molar-refractivity contribution in [3.8, 4) is 0 Å². The lowest BCUT2D eigenvalue weighted by Crippen LogP contribution is -2.29. The zero-order valence-corrected chi connectivity index (χ0v) is 8.76. The van der Waals surface area contributed by atoms with E-state index in [-0.39, 0.29) is 12.3 Å². The maximum absolute atomic E-state index is 11.3. The van der Waals surface area contributed by atoms with Gasteiger partial charge in [0.05, 0.1) is 25.3 Å². The van der Waals surface area contributed by atoms with Gasteiger partial charge in [-0.3, -0.25) is 9.48 Å². The Morgan fingerprint density at radius 3 is 2.93 bits per heavy atom. The van der Waals surface area contributed by atoms with Crippen LogP contribution >= 0.6 is 0 Å². The molecule has 1 N–H and O–H groups in total. The highest BCUT2D eigenvalue weighted by Crippen LogP contribution is 2.10. The zero-order valence-electron chi connectivity index (χ0n) is 8.76. The SMILES string of the molecule is Cc1cnn(CCN2CC(O)CC2=O)c1. The molecule has 1 amide bonds. The summed E-state index contributed by atoms with van der Waals surface area (Å²) in [6, 6.07) is 0. The van der Waals surface area contributed by atoms with Crippen LogP contribution in [0.5, 0.6) is 0 Å². The molecule has 1 unspecified atom stereocenters. The van der Waals surface area contributed by atoms with Crippen molar-refractivity contribution in [1.82, 2.24) is 14.7 Å². The molecule has 15 heavy (non-hydrogen) atoms. The minimum absolute atomic E-state index is 0.0337. The third-order valence-electron chi connectivity index (χ3n) is 2.56. The van der Waals surface area contributed by atoms with Crippen molar-refractivity contribution < 1.29 is 9.90 Å². The molecule has 0 bridgehead atoms. The third-order valence-corrected chi connectivity index (χ3v) is 2.56. The maximum atomic E-state index is 11.3. The van der Waals surface area contributed by atoms with Crippen molar-refractivity contribution in [2.75, 3.05) is 13.1 Å². The van der Waals surface area contributed by atoms with Crippen LogP contribution in [0.3, 0.4) is 0 Å².